The number of carbonyl (C=O) groups excluding carboxylic acids is 2. The van der Waals surface area contributed by atoms with Crippen LogP contribution in [0.2, 0.25) is 0 Å². The molecule has 1 aromatic heterocycles. The van der Waals surface area contributed by atoms with Gasteiger partial charge in [-0.2, -0.15) is 0 Å². The van der Waals surface area contributed by atoms with E-state index in [0.717, 1.165) is 4.47 Å². The molecule has 156 valence electrons. The molecular formula is C22H16BrN3O4S. The first-order valence-electron chi connectivity index (χ1n) is 9.14. The van der Waals surface area contributed by atoms with Crippen LogP contribution < -0.4 is 9.64 Å². The van der Waals surface area contributed by atoms with Gasteiger partial charge in [-0.25, -0.2) is 14.8 Å². The first kappa shape index (κ1) is 21.0. The first-order chi connectivity index (χ1) is 15.0. The Hall–Kier alpha value is -3.30. The number of anilines is 2. The molecular weight excluding hydrogens is 482 g/mol. The summed E-state index contributed by atoms with van der Waals surface area (Å²) in [6, 6.07) is 14.4. The maximum atomic E-state index is 12.3. The van der Waals surface area contributed by atoms with Gasteiger partial charge in [-0.1, -0.05) is 12.1 Å². The number of hydrogen-bond donors (Lipinski definition) is 0. The Morgan fingerprint density at radius 2 is 1.94 bits per heavy atom. The van der Waals surface area contributed by atoms with E-state index in [1.165, 1.54) is 23.2 Å². The molecule has 3 aromatic rings. The average molecular weight is 498 g/mol. The molecule has 0 unspecified atom stereocenters. The summed E-state index contributed by atoms with van der Waals surface area (Å²) in [4.78, 5) is 34.9. The standard InChI is InChI=1S/C22H16BrN3O4S/c1-13(27)26(15-7-9-16(29-2)10-8-15)22-24-14(12-31-22)11-19-21(28)30-20(25-19)17-5-3-4-6-18(17)23/h3-12H,1-2H3/b19-11-. The lowest BCUT2D eigenvalue weighted by atomic mass is 10.2. The summed E-state index contributed by atoms with van der Waals surface area (Å²) in [5.41, 5.74) is 1.99. The predicted molar refractivity (Wildman–Crippen MR) is 123 cm³/mol. The lowest BCUT2D eigenvalue weighted by molar-refractivity contribution is -0.130. The smallest absolute Gasteiger partial charge is 0.363 e. The molecule has 1 aliphatic rings. The SMILES string of the molecule is COc1ccc(N(C(C)=O)c2nc(/C=C3\N=C(c4ccccc4Br)OC3=O)cs2)cc1. The van der Waals surface area contributed by atoms with Crippen LogP contribution in [0.25, 0.3) is 6.08 Å². The Bertz CT molecular complexity index is 1220. The van der Waals surface area contributed by atoms with Gasteiger partial charge >= 0.3 is 5.97 Å². The largest absolute Gasteiger partial charge is 0.497 e. The summed E-state index contributed by atoms with van der Waals surface area (Å²) in [5.74, 6) is 0.171. The van der Waals surface area contributed by atoms with E-state index in [9.17, 15) is 9.59 Å². The second-order valence-electron chi connectivity index (χ2n) is 6.42. The molecule has 1 amide bonds. The Morgan fingerprint density at radius 1 is 1.19 bits per heavy atom. The molecule has 2 aromatic carbocycles. The predicted octanol–water partition coefficient (Wildman–Crippen LogP) is 4.94. The molecule has 9 heteroatoms. The Labute approximate surface area is 190 Å². The number of cyclic esters (lactones) is 1. The molecule has 7 nitrogen and oxygen atoms in total. The zero-order valence-corrected chi connectivity index (χ0v) is 18.9. The highest BCUT2D eigenvalue weighted by atomic mass is 79.9. The number of aromatic nitrogens is 1. The zero-order chi connectivity index (χ0) is 22.0. The summed E-state index contributed by atoms with van der Waals surface area (Å²) < 4.78 is 11.3. The van der Waals surface area contributed by atoms with Gasteiger partial charge in [0.2, 0.25) is 11.8 Å². The van der Waals surface area contributed by atoms with Gasteiger partial charge in [0, 0.05) is 16.8 Å². The van der Waals surface area contributed by atoms with Gasteiger partial charge in [0.1, 0.15) is 5.75 Å². The molecule has 0 bridgehead atoms. The first-order valence-corrected chi connectivity index (χ1v) is 10.8. The second-order valence-corrected chi connectivity index (χ2v) is 8.11. The maximum Gasteiger partial charge on any atom is 0.363 e. The van der Waals surface area contributed by atoms with E-state index in [-0.39, 0.29) is 17.5 Å². The number of carbonyl (C=O) groups is 2. The summed E-state index contributed by atoms with van der Waals surface area (Å²) in [6.07, 6.45) is 1.54. The topological polar surface area (TPSA) is 81.1 Å². The number of rotatable bonds is 5. The van der Waals surface area contributed by atoms with Crippen molar-refractivity contribution in [3.05, 3.63) is 75.3 Å². The fourth-order valence-corrected chi connectivity index (χ4v) is 4.20. The summed E-state index contributed by atoms with van der Waals surface area (Å²) >= 11 is 4.71. The Morgan fingerprint density at radius 3 is 2.61 bits per heavy atom. The molecule has 1 aliphatic heterocycles. The van der Waals surface area contributed by atoms with E-state index in [1.807, 2.05) is 18.2 Å². The van der Waals surface area contributed by atoms with Crippen LogP contribution in [0, 0.1) is 0 Å². The number of methoxy groups -OCH3 is 1. The van der Waals surface area contributed by atoms with Crippen LogP contribution in [0.1, 0.15) is 18.2 Å². The molecule has 4 rings (SSSR count). The molecule has 2 heterocycles. The molecule has 0 aliphatic carbocycles. The van der Waals surface area contributed by atoms with Crippen molar-refractivity contribution >= 4 is 61.9 Å². The number of nitrogens with zero attached hydrogens (tertiary/aromatic N) is 3. The van der Waals surface area contributed by atoms with Gasteiger partial charge in [0.15, 0.2) is 10.8 Å². The van der Waals surface area contributed by atoms with Crippen LogP contribution >= 0.6 is 27.3 Å². The highest BCUT2D eigenvalue weighted by Crippen LogP contribution is 2.31. The number of ether oxygens (including phenoxy) is 2. The number of thiazole rings is 1. The normalized spacial score (nSPS) is 14.4. The van der Waals surface area contributed by atoms with Gasteiger partial charge in [-0.15, -0.1) is 11.3 Å². The second kappa shape index (κ2) is 8.83. The van der Waals surface area contributed by atoms with Crippen molar-refractivity contribution < 1.29 is 19.1 Å². The highest BCUT2D eigenvalue weighted by molar-refractivity contribution is 9.10. The number of aliphatic imine (C=N–C) groups is 1. The molecule has 0 spiro atoms. The van der Waals surface area contributed by atoms with E-state index in [0.29, 0.717) is 27.8 Å². The minimum Gasteiger partial charge on any atom is -0.497 e. The molecule has 0 fully saturated rings. The number of halogens is 1. The van der Waals surface area contributed by atoms with Gasteiger partial charge < -0.3 is 9.47 Å². The maximum absolute atomic E-state index is 12.3. The zero-order valence-electron chi connectivity index (χ0n) is 16.5. The average Bonchev–Trinajstić information content (AvgIpc) is 3.36. The highest BCUT2D eigenvalue weighted by Gasteiger charge is 2.26. The van der Waals surface area contributed by atoms with Crippen LogP contribution in [-0.4, -0.2) is 29.9 Å². The minimum absolute atomic E-state index is 0.140. The molecule has 0 N–H and O–H groups in total. The molecule has 0 atom stereocenters. The van der Waals surface area contributed by atoms with Crippen molar-refractivity contribution in [2.45, 2.75) is 6.92 Å². The van der Waals surface area contributed by atoms with Crippen molar-refractivity contribution in [2.75, 3.05) is 12.0 Å². The van der Waals surface area contributed by atoms with Crippen LogP contribution in [0.4, 0.5) is 10.8 Å². The van der Waals surface area contributed by atoms with E-state index in [2.05, 4.69) is 25.9 Å². The fourth-order valence-electron chi connectivity index (χ4n) is 2.90. The van der Waals surface area contributed by atoms with Crippen molar-refractivity contribution in [1.29, 1.82) is 0 Å². The molecule has 31 heavy (non-hydrogen) atoms. The van der Waals surface area contributed by atoms with E-state index < -0.39 is 5.97 Å². The third kappa shape index (κ3) is 4.42. The number of esters is 1. The van der Waals surface area contributed by atoms with Gasteiger partial charge in [-0.05, 0) is 58.4 Å². The number of amides is 1. The van der Waals surface area contributed by atoms with Crippen LogP contribution in [0.5, 0.6) is 5.75 Å². The Kier molecular flexibility index (Phi) is 5.97. The van der Waals surface area contributed by atoms with Crippen LogP contribution in [0.15, 0.2) is 69.1 Å². The van der Waals surface area contributed by atoms with Gasteiger partial charge in [0.05, 0.1) is 24.1 Å². The monoisotopic (exact) mass is 497 g/mol. The lowest BCUT2D eigenvalue weighted by Crippen LogP contribution is -2.22. The van der Waals surface area contributed by atoms with Gasteiger partial charge in [0.25, 0.3) is 0 Å². The summed E-state index contributed by atoms with van der Waals surface area (Å²) in [7, 11) is 1.58. The lowest BCUT2D eigenvalue weighted by Gasteiger charge is -2.18. The minimum atomic E-state index is -0.557. The molecule has 0 radical (unpaired) electrons. The number of benzene rings is 2. The van der Waals surface area contributed by atoms with Crippen LogP contribution in [0.3, 0.4) is 0 Å². The van der Waals surface area contributed by atoms with Crippen molar-refractivity contribution in [1.82, 2.24) is 4.98 Å². The van der Waals surface area contributed by atoms with Crippen molar-refractivity contribution in [3.8, 4) is 5.75 Å². The molecule has 0 saturated carbocycles. The summed E-state index contributed by atoms with van der Waals surface area (Å²) in [5, 5.41) is 2.23. The Balaban J connectivity index is 1.63. The van der Waals surface area contributed by atoms with Crippen molar-refractivity contribution in [3.63, 3.8) is 0 Å². The quantitative estimate of drug-likeness (QED) is 0.368. The molecule has 0 saturated heterocycles. The van der Waals surface area contributed by atoms with E-state index in [4.69, 9.17) is 9.47 Å². The van der Waals surface area contributed by atoms with Crippen LogP contribution in [-0.2, 0) is 14.3 Å². The number of hydrogen-bond acceptors (Lipinski definition) is 7. The summed E-state index contributed by atoms with van der Waals surface area (Å²) in [6.45, 7) is 1.46. The van der Waals surface area contributed by atoms with E-state index in [1.54, 1.807) is 48.9 Å². The third-order valence-electron chi connectivity index (χ3n) is 4.36. The fraction of sp³-hybridized carbons (Fsp3) is 0.0909. The van der Waals surface area contributed by atoms with Gasteiger partial charge in [-0.3, -0.25) is 9.69 Å². The van der Waals surface area contributed by atoms with E-state index >= 15 is 0 Å². The van der Waals surface area contributed by atoms with Crippen molar-refractivity contribution in [2.24, 2.45) is 4.99 Å². The third-order valence-corrected chi connectivity index (χ3v) is 5.89.